The first-order valence-electron chi connectivity index (χ1n) is 7.01. The molecule has 2 aromatic rings. The molecule has 7 heteroatoms. The second-order valence-electron chi connectivity index (χ2n) is 5.00. The second-order valence-corrected chi connectivity index (χ2v) is 5.00. The Bertz CT molecular complexity index is 714. The molecule has 1 amide bonds. The van der Waals surface area contributed by atoms with E-state index in [0.717, 1.165) is 18.1 Å². The normalized spacial score (nSPS) is 11.3. The number of pyridine rings is 1. The second kappa shape index (κ2) is 6.68. The molecular weight excluding hydrogens is 307 g/mol. The van der Waals surface area contributed by atoms with Crippen LogP contribution in [0.25, 0.3) is 0 Å². The first kappa shape index (κ1) is 16.8. The summed E-state index contributed by atoms with van der Waals surface area (Å²) in [4.78, 5) is 15.4. The molecule has 0 atom stereocenters. The maximum atomic E-state index is 12.6. The van der Waals surface area contributed by atoms with Gasteiger partial charge >= 0.3 is 6.18 Å². The topological polar surface area (TPSA) is 68.0 Å². The van der Waals surface area contributed by atoms with Gasteiger partial charge in [0.05, 0.1) is 12.1 Å². The van der Waals surface area contributed by atoms with Crippen molar-refractivity contribution < 1.29 is 18.0 Å². The number of anilines is 2. The summed E-state index contributed by atoms with van der Waals surface area (Å²) in [7, 11) is 0. The molecule has 0 aliphatic heterocycles. The van der Waals surface area contributed by atoms with Gasteiger partial charge in [-0.1, -0.05) is 19.1 Å². The zero-order chi connectivity index (χ0) is 17.0. The van der Waals surface area contributed by atoms with Crippen LogP contribution in [0.1, 0.15) is 23.9 Å². The summed E-state index contributed by atoms with van der Waals surface area (Å²) in [6, 6.07) is 8.60. The number of nitrogens with one attached hydrogen (secondary N) is 1. The summed E-state index contributed by atoms with van der Waals surface area (Å²) < 4.78 is 37.8. The van der Waals surface area contributed by atoms with Gasteiger partial charge in [0.15, 0.2) is 0 Å². The number of benzene rings is 1. The fourth-order valence-corrected chi connectivity index (χ4v) is 2.10. The van der Waals surface area contributed by atoms with E-state index < -0.39 is 17.8 Å². The zero-order valence-electron chi connectivity index (χ0n) is 12.4. The minimum Gasteiger partial charge on any atom is -0.398 e. The Hall–Kier alpha value is -2.57. The molecule has 122 valence electrons. The summed E-state index contributed by atoms with van der Waals surface area (Å²) in [5.41, 5.74) is 6.89. The minimum atomic E-state index is -4.53. The molecule has 2 rings (SSSR count). The quantitative estimate of drug-likeness (QED) is 0.847. The third-order valence-corrected chi connectivity index (χ3v) is 3.25. The van der Waals surface area contributed by atoms with E-state index in [2.05, 4.69) is 10.3 Å². The molecule has 4 nitrogen and oxygen atoms in total. The van der Waals surface area contributed by atoms with Crippen molar-refractivity contribution in [3.63, 3.8) is 0 Å². The number of carbonyl (C=O) groups excluding carboxylic acids is 1. The van der Waals surface area contributed by atoms with E-state index in [9.17, 15) is 18.0 Å². The highest BCUT2D eigenvalue weighted by atomic mass is 19.4. The van der Waals surface area contributed by atoms with Crippen LogP contribution >= 0.6 is 0 Å². The molecule has 3 N–H and O–H groups in total. The van der Waals surface area contributed by atoms with Crippen LogP contribution in [0.15, 0.2) is 36.4 Å². The van der Waals surface area contributed by atoms with Crippen molar-refractivity contribution in [2.75, 3.05) is 11.1 Å². The van der Waals surface area contributed by atoms with Gasteiger partial charge in [-0.15, -0.1) is 0 Å². The fraction of sp³-hybridized carbons (Fsp3) is 0.250. The van der Waals surface area contributed by atoms with E-state index in [0.29, 0.717) is 11.4 Å². The van der Waals surface area contributed by atoms with Crippen LogP contribution in [0, 0.1) is 0 Å². The molecule has 0 saturated heterocycles. The van der Waals surface area contributed by atoms with Gasteiger partial charge < -0.3 is 11.1 Å². The number of nitrogens with two attached hydrogens (primary N) is 1. The number of amides is 1. The first-order chi connectivity index (χ1) is 10.8. The van der Waals surface area contributed by atoms with Gasteiger partial charge in [0.1, 0.15) is 5.69 Å². The van der Waals surface area contributed by atoms with Gasteiger partial charge in [-0.2, -0.15) is 13.2 Å². The Morgan fingerprint density at radius 2 is 2.00 bits per heavy atom. The van der Waals surface area contributed by atoms with Crippen molar-refractivity contribution in [1.82, 2.24) is 4.98 Å². The largest absolute Gasteiger partial charge is 0.433 e. The average Bonchev–Trinajstić information content (AvgIpc) is 2.46. The van der Waals surface area contributed by atoms with E-state index in [-0.39, 0.29) is 12.1 Å². The van der Waals surface area contributed by atoms with Gasteiger partial charge in [-0.3, -0.25) is 4.79 Å². The molecule has 1 heterocycles. The maximum Gasteiger partial charge on any atom is 0.433 e. The highest BCUT2D eigenvalue weighted by Crippen LogP contribution is 2.27. The van der Waals surface area contributed by atoms with Gasteiger partial charge in [-0.25, -0.2) is 4.98 Å². The summed E-state index contributed by atoms with van der Waals surface area (Å²) in [5, 5.41) is 2.60. The summed E-state index contributed by atoms with van der Waals surface area (Å²) in [5.74, 6) is -0.458. The van der Waals surface area contributed by atoms with Crippen LogP contribution in [-0.2, 0) is 23.8 Å². The average molecular weight is 323 g/mol. The number of alkyl halides is 3. The number of rotatable bonds is 4. The number of hydrogen-bond donors (Lipinski definition) is 2. The molecule has 0 saturated carbocycles. The highest BCUT2D eigenvalue weighted by Gasteiger charge is 2.32. The van der Waals surface area contributed by atoms with E-state index in [4.69, 9.17) is 5.73 Å². The van der Waals surface area contributed by atoms with Gasteiger partial charge in [0, 0.05) is 11.4 Å². The molecule has 0 aliphatic carbocycles. The lowest BCUT2D eigenvalue weighted by atomic mass is 10.1. The van der Waals surface area contributed by atoms with Crippen LogP contribution in [0.2, 0.25) is 0 Å². The summed E-state index contributed by atoms with van der Waals surface area (Å²) >= 11 is 0. The van der Waals surface area contributed by atoms with Gasteiger partial charge in [0.25, 0.3) is 0 Å². The number of aryl methyl sites for hydroxylation is 1. The van der Waals surface area contributed by atoms with Crippen LogP contribution in [0.5, 0.6) is 0 Å². The molecule has 1 aromatic heterocycles. The van der Waals surface area contributed by atoms with E-state index in [1.54, 1.807) is 18.2 Å². The smallest absolute Gasteiger partial charge is 0.398 e. The monoisotopic (exact) mass is 323 g/mol. The standard InChI is InChI=1S/C16H16F3N3O/c1-2-10-6-7-12(8-13(10)20)22-15(23)9-11-4-3-5-14(21-11)16(17,18)19/h3-8H,2,9,20H2,1H3,(H,22,23). The summed E-state index contributed by atoms with van der Waals surface area (Å²) in [6.45, 7) is 1.96. The van der Waals surface area contributed by atoms with Crippen molar-refractivity contribution in [3.8, 4) is 0 Å². The molecule has 0 radical (unpaired) electrons. The lowest BCUT2D eigenvalue weighted by molar-refractivity contribution is -0.141. The zero-order valence-corrected chi connectivity index (χ0v) is 12.4. The van der Waals surface area contributed by atoms with Crippen LogP contribution < -0.4 is 11.1 Å². The van der Waals surface area contributed by atoms with Gasteiger partial charge in [-0.05, 0) is 36.2 Å². The third-order valence-electron chi connectivity index (χ3n) is 3.25. The third kappa shape index (κ3) is 4.45. The number of halogens is 3. The number of nitrogen functional groups attached to an aromatic ring is 1. The molecule has 0 aliphatic rings. The number of aromatic nitrogens is 1. The van der Waals surface area contributed by atoms with Crippen LogP contribution in [0.4, 0.5) is 24.5 Å². The Labute approximate surface area is 131 Å². The van der Waals surface area contributed by atoms with Crippen LogP contribution in [0.3, 0.4) is 0 Å². The molecule has 0 bridgehead atoms. The first-order valence-corrected chi connectivity index (χ1v) is 7.01. The number of hydrogen-bond acceptors (Lipinski definition) is 3. The van der Waals surface area contributed by atoms with Crippen molar-refractivity contribution in [1.29, 1.82) is 0 Å². The Kier molecular flexibility index (Phi) is 4.88. The molecule has 1 aromatic carbocycles. The molecular formula is C16H16F3N3O. The van der Waals surface area contributed by atoms with Crippen molar-refractivity contribution in [2.45, 2.75) is 25.9 Å². The number of nitrogens with zero attached hydrogens (tertiary/aromatic N) is 1. The van der Waals surface area contributed by atoms with Crippen molar-refractivity contribution in [3.05, 3.63) is 53.3 Å². The minimum absolute atomic E-state index is 0.0514. The van der Waals surface area contributed by atoms with Crippen LogP contribution in [-0.4, -0.2) is 10.9 Å². The Morgan fingerprint density at radius 3 is 2.61 bits per heavy atom. The Morgan fingerprint density at radius 1 is 1.26 bits per heavy atom. The fourth-order valence-electron chi connectivity index (χ4n) is 2.10. The SMILES string of the molecule is CCc1ccc(NC(=O)Cc2cccc(C(F)(F)F)n2)cc1N. The molecule has 0 unspecified atom stereocenters. The highest BCUT2D eigenvalue weighted by molar-refractivity contribution is 5.92. The predicted molar refractivity (Wildman–Crippen MR) is 81.8 cm³/mol. The van der Waals surface area contributed by atoms with E-state index in [1.807, 2.05) is 6.92 Å². The molecule has 23 heavy (non-hydrogen) atoms. The van der Waals surface area contributed by atoms with E-state index in [1.165, 1.54) is 12.1 Å². The van der Waals surface area contributed by atoms with E-state index >= 15 is 0 Å². The number of carbonyl (C=O) groups is 1. The summed E-state index contributed by atoms with van der Waals surface area (Å²) in [6.07, 6.45) is -4.01. The maximum absolute atomic E-state index is 12.6. The van der Waals surface area contributed by atoms with Crippen molar-refractivity contribution in [2.24, 2.45) is 0 Å². The van der Waals surface area contributed by atoms with Gasteiger partial charge in [0.2, 0.25) is 5.91 Å². The molecule has 0 fully saturated rings. The predicted octanol–water partition coefficient (Wildman–Crippen LogP) is 3.43. The Balaban J connectivity index is 2.07. The lowest BCUT2D eigenvalue weighted by Gasteiger charge is -2.10. The lowest BCUT2D eigenvalue weighted by Crippen LogP contribution is -2.17. The molecule has 0 spiro atoms. The van der Waals surface area contributed by atoms with Crippen molar-refractivity contribution >= 4 is 17.3 Å².